The highest BCUT2D eigenvalue weighted by Gasteiger charge is 2.33. The van der Waals surface area contributed by atoms with Crippen molar-refractivity contribution in [2.75, 3.05) is 19.6 Å². The Bertz CT molecular complexity index is 220. The van der Waals surface area contributed by atoms with Crippen LogP contribution in [0.15, 0.2) is 0 Å². The second kappa shape index (κ2) is 3.87. The maximum absolute atomic E-state index is 11.5. The van der Waals surface area contributed by atoms with Gasteiger partial charge in [0, 0.05) is 19.0 Å². The number of carbonyl (C=O) groups is 1. The lowest BCUT2D eigenvalue weighted by molar-refractivity contribution is -0.128. The third-order valence-corrected chi connectivity index (χ3v) is 3.29. The Labute approximate surface area is 84.1 Å². The van der Waals surface area contributed by atoms with E-state index in [9.17, 15) is 9.90 Å². The molecular formula is C10H18N2O2. The van der Waals surface area contributed by atoms with Crippen molar-refractivity contribution in [1.29, 1.82) is 0 Å². The number of aliphatic hydroxyl groups is 1. The third kappa shape index (κ3) is 2.07. The van der Waals surface area contributed by atoms with Gasteiger partial charge in [-0.2, -0.15) is 0 Å². The van der Waals surface area contributed by atoms with Crippen LogP contribution in [0.25, 0.3) is 0 Å². The Morgan fingerprint density at radius 1 is 1.57 bits per heavy atom. The average molecular weight is 198 g/mol. The summed E-state index contributed by atoms with van der Waals surface area (Å²) in [4.78, 5) is 11.5. The molecule has 1 aliphatic carbocycles. The first-order valence-electron chi connectivity index (χ1n) is 5.40. The van der Waals surface area contributed by atoms with E-state index in [1.54, 1.807) is 0 Å². The summed E-state index contributed by atoms with van der Waals surface area (Å²) in [6, 6.07) is 0. The lowest BCUT2D eigenvalue weighted by atomic mass is 9.84. The highest BCUT2D eigenvalue weighted by Crippen LogP contribution is 2.26. The Hall–Kier alpha value is -0.610. The number of nitrogens with one attached hydrogen (secondary N) is 2. The molecule has 2 fully saturated rings. The van der Waals surface area contributed by atoms with Gasteiger partial charge in [0.05, 0.1) is 5.60 Å². The van der Waals surface area contributed by atoms with Crippen LogP contribution in [-0.4, -0.2) is 36.2 Å². The van der Waals surface area contributed by atoms with Crippen molar-refractivity contribution in [1.82, 2.24) is 10.6 Å². The zero-order valence-electron chi connectivity index (χ0n) is 8.38. The van der Waals surface area contributed by atoms with Crippen LogP contribution < -0.4 is 10.6 Å². The zero-order valence-corrected chi connectivity index (χ0v) is 8.38. The summed E-state index contributed by atoms with van der Waals surface area (Å²) in [5, 5.41) is 15.9. The molecule has 1 unspecified atom stereocenters. The van der Waals surface area contributed by atoms with Gasteiger partial charge in [0.1, 0.15) is 0 Å². The molecule has 1 amide bonds. The molecule has 3 N–H and O–H groups in total. The first kappa shape index (κ1) is 9.93. The van der Waals surface area contributed by atoms with Crippen molar-refractivity contribution in [3.8, 4) is 0 Å². The van der Waals surface area contributed by atoms with Crippen LogP contribution in [0.4, 0.5) is 0 Å². The largest absolute Gasteiger partial charge is 0.387 e. The molecule has 80 valence electrons. The molecule has 4 nitrogen and oxygen atoms in total. The van der Waals surface area contributed by atoms with Gasteiger partial charge in [-0.3, -0.25) is 4.79 Å². The van der Waals surface area contributed by atoms with E-state index in [4.69, 9.17) is 0 Å². The Morgan fingerprint density at radius 2 is 2.36 bits per heavy atom. The van der Waals surface area contributed by atoms with Crippen molar-refractivity contribution in [2.24, 2.45) is 5.92 Å². The van der Waals surface area contributed by atoms with Gasteiger partial charge in [-0.25, -0.2) is 0 Å². The van der Waals surface area contributed by atoms with Crippen LogP contribution in [0.1, 0.15) is 25.7 Å². The molecule has 2 aliphatic rings. The standard InChI is InChI=1S/C10H18N2O2/c13-9(8-2-1-3-8)12-7-10(14)4-5-11-6-10/h8,11,14H,1-7H2,(H,12,13). The minimum atomic E-state index is -0.709. The van der Waals surface area contributed by atoms with Crippen LogP contribution in [0.3, 0.4) is 0 Å². The summed E-state index contributed by atoms with van der Waals surface area (Å²) in [7, 11) is 0. The van der Waals surface area contributed by atoms with E-state index < -0.39 is 5.60 Å². The van der Waals surface area contributed by atoms with Crippen LogP contribution in [0.5, 0.6) is 0 Å². The van der Waals surface area contributed by atoms with E-state index in [1.165, 1.54) is 6.42 Å². The van der Waals surface area contributed by atoms with Crippen LogP contribution in [0, 0.1) is 5.92 Å². The molecular weight excluding hydrogens is 180 g/mol. The monoisotopic (exact) mass is 198 g/mol. The van der Waals surface area contributed by atoms with E-state index in [0.717, 1.165) is 25.8 Å². The molecule has 0 radical (unpaired) electrons. The molecule has 0 spiro atoms. The van der Waals surface area contributed by atoms with Gasteiger partial charge in [0.2, 0.25) is 5.91 Å². The molecule has 4 heteroatoms. The van der Waals surface area contributed by atoms with Crippen molar-refractivity contribution < 1.29 is 9.90 Å². The molecule has 1 atom stereocenters. The zero-order chi connectivity index (χ0) is 10.0. The van der Waals surface area contributed by atoms with Gasteiger partial charge in [0.25, 0.3) is 0 Å². The van der Waals surface area contributed by atoms with Gasteiger partial charge in [-0.1, -0.05) is 6.42 Å². The molecule has 1 saturated carbocycles. The van der Waals surface area contributed by atoms with E-state index in [2.05, 4.69) is 10.6 Å². The van der Waals surface area contributed by atoms with Gasteiger partial charge in [0.15, 0.2) is 0 Å². The first-order valence-corrected chi connectivity index (χ1v) is 5.40. The lowest BCUT2D eigenvalue weighted by Crippen LogP contribution is -2.46. The molecule has 1 aliphatic heterocycles. The molecule has 2 rings (SSSR count). The highest BCUT2D eigenvalue weighted by atomic mass is 16.3. The normalized spacial score (nSPS) is 32.6. The fourth-order valence-electron chi connectivity index (χ4n) is 1.95. The maximum Gasteiger partial charge on any atom is 0.223 e. The second-order valence-corrected chi connectivity index (χ2v) is 4.50. The van der Waals surface area contributed by atoms with Gasteiger partial charge >= 0.3 is 0 Å². The number of β-amino-alcohol motifs (C(OH)–C–C–N with tert-alkyl or cyclic N) is 1. The summed E-state index contributed by atoms with van der Waals surface area (Å²) in [5.74, 6) is 0.338. The van der Waals surface area contributed by atoms with Crippen LogP contribution in [-0.2, 0) is 4.79 Å². The van der Waals surface area contributed by atoms with Crippen molar-refractivity contribution in [3.63, 3.8) is 0 Å². The van der Waals surface area contributed by atoms with Gasteiger partial charge < -0.3 is 15.7 Å². The van der Waals surface area contributed by atoms with Crippen molar-refractivity contribution in [2.45, 2.75) is 31.3 Å². The van der Waals surface area contributed by atoms with E-state index in [1.807, 2.05) is 0 Å². The Balaban J connectivity index is 1.72. The van der Waals surface area contributed by atoms with Gasteiger partial charge in [-0.15, -0.1) is 0 Å². The average Bonchev–Trinajstić information content (AvgIpc) is 2.47. The van der Waals surface area contributed by atoms with Crippen LogP contribution in [0.2, 0.25) is 0 Å². The SMILES string of the molecule is O=C(NCC1(O)CCNC1)C1CCC1. The maximum atomic E-state index is 11.5. The minimum absolute atomic E-state index is 0.122. The summed E-state index contributed by atoms with van der Waals surface area (Å²) >= 11 is 0. The second-order valence-electron chi connectivity index (χ2n) is 4.50. The fourth-order valence-corrected chi connectivity index (χ4v) is 1.95. The number of carbonyl (C=O) groups excluding carboxylic acids is 1. The van der Waals surface area contributed by atoms with E-state index in [0.29, 0.717) is 13.1 Å². The lowest BCUT2D eigenvalue weighted by Gasteiger charge is -2.27. The molecule has 0 aromatic rings. The summed E-state index contributed by atoms with van der Waals surface area (Å²) < 4.78 is 0. The predicted octanol–water partition coefficient (Wildman–Crippen LogP) is -0.373. The molecule has 1 saturated heterocycles. The quantitative estimate of drug-likeness (QED) is 0.579. The number of hydrogen-bond donors (Lipinski definition) is 3. The summed E-state index contributed by atoms with van der Waals surface area (Å²) in [5.41, 5.74) is -0.709. The smallest absolute Gasteiger partial charge is 0.223 e. The molecule has 1 heterocycles. The Kier molecular flexibility index (Phi) is 2.74. The fraction of sp³-hybridized carbons (Fsp3) is 0.900. The number of rotatable bonds is 3. The topological polar surface area (TPSA) is 61.4 Å². The molecule has 14 heavy (non-hydrogen) atoms. The predicted molar refractivity (Wildman–Crippen MR) is 52.8 cm³/mol. The number of hydrogen-bond acceptors (Lipinski definition) is 3. The number of amides is 1. The summed E-state index contributed by atoms with van der Waals surface area (Å²) in [6.07, 6.45) is 3.94. The van der Waals surface area contributed by atoms with E-state index >= 15 is 0 Å². The molecule has 0 bridgehead atoms. The van der Waals surface area contributed by atoms with Crippen LogP contribution >= 0.6 is 0 Å². The Morgan fingerprint density at radius 3 is 2.86 bits per heavy atom. The molecule has 0 aromatic heterocycles. The van der Waals surface area contributed by atoms with Crippen molar-refractivity contribution >= 4 is 5.91 Å². The third-order valence-electron chi connectivity index (χ3n) is 3.29. The summed E-state index contributed by atoms with van der Waals surface area (Å²) in [6.45, 7) is 1.84. The minimum Gasteiger partial charge on any atom is -0.387 e. The van der Waals surface area contributed by atoms with Gasteiger partial charge in [-0.05, 0) is 25.8 Å². The van der Waals surface area contributed by atoms with Crippen molar-refractivity contribution in [3.05, 3.63) is 0 Å². The first-order chi connectivity index (χ1) is 6.70. The van der Waals surface area contributed by atoms with E-state index in [-0.39, 0.29) is 11.8 Å². The molecule has 0 aromatic carbocycles. The highest BCUT2D eigenvalue weighted by molar-refractivity contribution is 5.79.